The molecule has 0 saturated heterocycles. The van der Waals surface area contributed by atoms with Gasteiger partial charge in [0.05, 0.1) is 6.54 Å². The molecule has 0 spiro atoms. The molecule has 2 aliphatic rings. The van der Waals surface area contributed by atoms with Crippen LogP contribution in [0.2, 0.25) is 0 Å². The summed E-state index contributed by atoms with van der Waals surface area (Å²) < 4.78 is 3.14. The first-order valence-electron chi connectivity index (χ1n) is 10.7. The van der Waals surface area contributed by atoms with Gasteiger partial charge in [-0.2, -0.15) is 0 Å². The Morgan fingerprint density at radius 3 is 2.10 bits per heavy atom. The Balaban J connectivity index is 0.000000552. The van der Waals surface area contributed by atoms with E-state index in [0.717, 1.165) is 47.9 Å². The largest absolute Gasteiger partial charge is 0.399 e. The van der Waals surface area contributed by atoms with Crippen molar-refractivity contribution in [2.45, 2.75) is 64.2 Å². The first-order valence-corrected chi connectivity index (χ1v) is 11.5. The van der Waals surface area contributed by atoms with Crippen molar-refractivity contribution in [3.63, 3.8) is 0 Å². The number of benzene rings is 2. The molecule has 1 amide bonds. The lowest BCUT2D eigenvalue weighted by atomic mass is 9.98. The lowest BCUT2D eigenvalue weighted by Gasteiger charge is -2.16. The molecule has 2 aliphatic carbocycles. The third kappa shape index (κ3) is 6.00. The molecule has 0 fully saturated rings. The SMILES string of the molecule is CC(C)C.Nc1ccc(SNCC(=O)Nc2c3c(cc4c2CCC4)CCC3)cc1. The van der Waals surface area contributed by atoms with Crippen molar-refractivity contribution < 1.29 is 4.79 Å². The Kier molecular flexibility index (Phi) is 7.62. The molecular formula is C24H33N3OS. The highest BCUT2D eigenvalue weighted by atomic mass is 32.2. The molecule has 156 valence electrons. The van der Waals surface area contributed by atoms with E-state index >= 15 is 0 Å². The lowest BCUT2D eigenvalue weighted by Crippen LogP contribution is -2.25. The van der Waals surface area contributed by atoms with Crippen LogP contribution in [0, 0.1) is 5.92 Å². The van der Waals surface area contributed by atoms with E-state index in [1.165, 1.54) is 47.0 Å². The first kappa shape index (κ1) is 21.7. The minimum atomic E-state index is 0.0253. The van der Waals surface area contributed by atoms with Crippen LogP contribution in [0.3, 0.4) is 0 Å². The number of aryl methyl sites for hydroxylation is 2. The van der Waals surface area contributed by atoms with Gasteiger partial charge in [-0.25, -0.2) is 0 Å². The second-order valence-electron chi connectivity index (χ2n) is 8.51. The van der Waals surface area contributed by atoms with Gasteiger partial charge in [-0.15, -0.1) is 0 Å². The molecule has 0 aromatic heterocycles. The zero-order chi connectivity index (χ0) is 20.8. The number of hydrogen-bond donors (Lipinski definition) is 3. The molecule has 0 unspecified atom stereocenters. The zero-order valence-corrected chi connectivity index (χ0v) is 18.6. The van der Waals surface area contributed by atoms with Crippen molar-refractivity contribution in [2.24, 2.45) is 5.92 Å². The number of nitrogen functional groups attached to an aromatic ring is 1. The summed E-state index contributed by atoms with van der Waals surface area (Å²) in [4.78, 5) is 13.5. The van der Waals surface area contributed by atoms with Crippen LogP contribution in [0.1, 0.15) is 55.9 Å². The number of fused-ring (bicyclic) bond motifs is 2. The van der Waals surface area contributed by atoms with E-state index < -0.39 is 0 Å². The second-order valence-corrected chi connectivity index (χ2v) is 9.47. The number of carbonyl (C=O) groups is 1. The molecule has 29 heavy (non-hydrogen) atoms. The van der Waals surface area contributed by atoms with Gasteiger partial charge in [-0.3, -0.25) is 9.52 Å². The highest BCUT2D eigenvalue weighted by Gasteiger charge is 2.24. The van der Waals surface area contributed by atoms with Gasteiger partial charge in [0.2, 0.25) is 5.91 Å². The maximum atomic E-state index is 12.4. The summed E-state index contributed by atoms with van der Waals surface area (Å²) >= 11 is 1.45. The van der Waals surface area contributed by atoms with Gasteiger partial charge in [0.1, 0.15) is 0 Å². The maximum Gasteiger partial charge on any atom is 0.239 e. The van der Waals surface area contributed by atoms with Crippen LogP contribution >= 0.6 is 11.9 Å². The number of nitrogens with one attached hydrogen (secondary N) is 2. The molecule has 4 nitrogen and oxygen atoms in total. The lowest BCUT2D eigenvalue weighted by molar-refractivity contribution is -0.115. The summed E-state index contributed by atoms with van der Waals surface area (Å²) in [7, 11) is 0. The van der Waals surface area contributed by atoms with Crippen molar-refractivity contribution in [2.75, 3.05) is 17.6 Å². The third-order valence-corrected chi connectivity index (χ3v) is 5.84. The van der Waals surface area contributed by atoms with E-state index in [0.29, 0.717) is 0 Å². The van der Waals surface area contributed by atoms with Gasteiger partial charge in [0.15, 0.2) is 0 Å². The fourth-order valence-corrected chi connectivity index (χ4v) is 4.51. The maximum absolute atomic E-state index is 12.4. The Bertz CT molecular complexity index is 811. The van der Waals surface area contributed by atoms with Crippen molar-refractivity contribution in [3.8, 4) is 0 Å². The Morgan fingerprint density at radius 1 is 1.00 bits per heavy atom. The summed E-state index contributed by atoms with van der Waals surface area (Å²) in [6, 6.07) is 10.0. The van der Waals surface area contributed by atoms with E-state index in [1.807, 2.05) is 24.3 Å². The van der Waals surface area contributed by atoms with Gasteiger partial charge in [0, 0.05) is 16.3 Å². The number of rotatable bonds is 5. The van der Waals surface area contributed by atoms with E-state index in [2.05, 4.69) is 36.9 Å². The number of nitrogens with two attached hydrogens (primary N) is 1. The number of hydrogen-bond acceptors (Lipinski definition) is 4. The Morgan fingerprint density at radius 2 is 1.55 bits per heavy atom. The normalized spacial score (nSPS) is 14.2. The fourth-order valence-electron chi connectivity index (χ4n) is 3.87. The van der Waals surface area contributed by atoms with Gasteiger partial charge < -0.3 is 11.1 Å². The average Bonchev–Trinajstić information content (AvgIpc) is 3.32. The third-order valence-electron chi connectivity index (χ3n) is 5.04. The number of anilines is 2. The summed E-state index contributed by atoms with van der Waals surface area (Å²) in [6.45, 7) is 6.79. The van der Waals surface area contributed by atoms with Gasteiger partial charge in [-0.05, 0) is 103 Å². The molecule has 2 aromatic carbocycles. The molecule has 5 heteroatoms. The molecule has 0 bridgehead atoms. The van der Waals surface area contributed by atoms with Crippen LogP contribution in [-0.4, -0.2) is 12.5 Å². The molecule has 4 N–H and O–H groups in total. The van der Waals surface area contributed by atoms with Crippen molar-refractivity contribution in [3.05, 3.63) is 52.6 Å². The standard InChI is InChI=1S/C20H23N3OS.C4H10/c21-15-7-9-16(10-8-15)25-22-12-19(24)23-20-17-5-1-3-13(17)11-14-4-2-6-18(14)20;1-4(2)3/h7-11,22H,1-6,12,21H2,(H,23,24);4H,1-3H3. The molecule has 0 aliphatic heterocycles. The van der Waals surface area contributed by atoms with Crippen LogP contribution in [0.15, 0.2) is 35.2 Å². The Hall–Kier alpha value is -1.98. The second kappa shape index (κ2) is 10.2. The van der Waals surface area contributed by atoms with Crippen molar-refractivity contribution in [1.82, 2.24) is 4.72 Å². The monoisotopic (exact) mass is 411 g/mol. The summed E-state index contributed by atoms with van der Waals surface area (Å²) in [5.41, 5.74) is 13.2. The van der Waals surface area contributed by atoms with Gasteiger partial charge >= 0.3 is 0 Å². The molecule has 2 aromatic rings. The Labute approximate surface area is 179 Å². The summed E-state index contributed by atoms with van der Waals surface area (Å²) in [5.74, 6) is 0.859. The molecule has 0 radical (unpaired) electrons. The highest BCUT2D eigenvalue weighted by Crippen LogP contribution is 2.38. The molecular weight excluding hydrogens is 378 g/mol. The van der Waals surface area contributed by atoms with Crippen LogP contribution < -0.4 is 15.8 Å². The minimum absolute atomic E-state index is 0.0253. The molecule has 0 heterocycles. The predicted octanol–water partition coefficient (Wildman–Crippen LogP) is 5.14. The molecule has 4 rings (SSSR count). The first-order chi connectivity index (χ1) is 13.9. The number of amides is 1. The predicted molar refractivity (Wildman–Crippen MR) is 124 cm³/mol. The van der Waals surface area contributed by atoms with Crippen molar-refractivity contribution >= 4 is 29.2 Å². The van der Waals surface area contributed by atoms with E-state index in [4.69, 9.17) is 5.73 Å². The molecule has 0 atom stereocenters. The zero-order valence-electron chi connectivity index (χ0n) is 17.8. The molecule has 0 saturated carbocycles. The number of carbonyl (C=O) groups excluding carboxylic acids is 1. The van der Waals surface area contributed by atoms with Gasteiger partial charge in [-0.1, -0.05) is 26.8 Å². The topological polar surface area (TPSA) is 67.1 Å². The summed E-state index contributed by atoms with van der Waals surface area (Å²) in [5, 5.41) is 3.20. The van der Waals surface area contributed by atoms with Crippen LogP contribution in [0.25, 0.3) is 0 Å². The minimum Gasteiger partial charge on any atom is -0.399 e. The van der Waals surface area contributed by atoms with Crippen molar-refractivity contribution in [1.29, 1.82) is 0 Å². The summed E-state index contributed by atoms with van der Waals surface area (Å²) in [6.07, 6.45) is 6.88. The smallest absolute Gasteiger partial charge is 0.239 e. The quantitative estimate of drug-likeness (QED) is 0.470. The fraction of sp³-hybridized carbons (Fsp3) is 0.458. The average molecular weight is 412 g/mol. The van der Waals surface area contributed by atoms with E-state index in [-0.39, 0.29) is 12.5 Å². The van der Waals surface area contributed by atoms with E-state index in [9.17, 15) is 4.79 Å². The van der Waals surface area contributed by atoms with Crippen LogP contribution in [-0.2, 0) is 30.5 Å². The van der Waals surface area contributed by atoms with Crippen LogP contribution in [0.4, 0.5) is 11.4 Å². The highest BCUT2D eigenvalue weighted by molar-refractivity contribution is 7.97. The van der Waals surface area contributed by atoms with Gasteiger partial charge in [0.25, 0.3) is 0 Å². The van der Waals surface area contributed by atoms with E-state index in [1.54, 1.807) is 0 Å². The van der Waals surface area contributed by atoms with Crippen LogP contribution in [0.5, 0.6) is 0 Å².